The van der Waals surface area contributed by atoms with Crippen LogP contribution in [-0.2, 0) is 0 Å². The Morgan fingerprint density at radius 1 is 1.24 bits per heavy atom. The first kappa shape index (κ1) is 12.0. The molecule has 0 bridgehead atoms. The predicted octanol–water partition coefficient (Wildman–Crippen LogP) is 2.59. The van der Waals surface area contributed by atoms with Crippen molar-refractivity contribution in [2.45, 2.75) is 0 Å². The van der Waals surface area contributed by atoms with Gasteiger partial charge in [-0.3, -0.25) is 10.1 Å². The zero-order valence-electron chi connectivity index (χ0n) is 10.7. The molecule has 0 saturated heterocycles. The molecular weight excluding hydrogens is 286 g/mol. The third-order valence-electron chi connectivity index (χ3n) is 3.04. The molecule has 6 nitrogen and oxygen atoms in total. The molecule has 4 rings (SSSR count). The van der Waals surface area contributed by atoms with Crippen molar-refractivity contribution >= 4 is 38.2 Å². The summed E-state index contributed by atoms with van der Waals surface area (Å²) < 4.78 is 2.60. The Morgan fingerprint density at radius 2 is 2.14 bits per heavy atom. The number of nitrogens with zero attached hydrogens (tertiary/aromatic N) is 4. The Bertz CT molecular complexity index is 925. The largest absolute Gasteiger partial charge is 0.298 e. The number of carbonyl (C=O) groups excluding carboxylic acids is 1. The van der Waals surface area contributed by atoms with E-state index in [0.29, 0.717) is 16.3 Å². The maximum Gasteiger partial charge on any atom is 0.262 e. The predicted molar refractivity (Wildman–Crippen MR) is 80.6 cm³/mol. The highest BCUT2D eigenvalue weighted by Gasteiger charge is 2.15. The second-order valence-electron chi connectivity index (χ2n) is 4.39. The first-order valence-corrected chi connectivity index (χ1v) is 7.08. The highest BCUT2D eigenvalue weighted by molar-refractivity contribution is 7.22. The van der Waals surface area contributed by atoms with Crippen LogP contribution in [-0.4, -0.2) is 25.5 Å². The number of rotatable bonds is 2. The summed E-state index contributed by atoms with van der Waals surface area (Å²) >= 11 is 1.44. The van der Waals surface area contributed by atoms with Crippen molar-refractivity contribution in [3.63, 3.8) is 0 Å². The monoisotopic (exact) mass is 295 g/mol. The standard InChI is InChI=1S/C14H9N5OS/c20-13(9-8-16-19-7-3-6-15-12(9)19)18-14-17-10-4-1-2-5-11(10)21-14/h1-8H,(H,17,18,20). The van der Waals surface area contributed by atoms with E-state index in [-0.39, 0.29) is 5.91 Å². The summed E-state index contributed by atoms with van der Waals surface area (Å²) in [6.45, 7) is 0. The van der Waals surface area contributed by atoms with E-state index in [4.69, 9.17) is 0 Å². The minimum atomic E-state index is -0.261. The Hall–Kier alpha value is -2.80. The van der Waals surface area contributed by atoms with Crippen LogP contribution < -0.4 is 5.32 Å². The second kappa shape index (κ2) is 4.64. The number of thiazole rings is 1. The SMILES string of the molecule is O=C(Nc1nc2ccccc2s1)c1cnn2cccnc12. The van der Waals surface area contributed by atoms with Crippen molar-refractivity contribution in [2.75, 3.05) is 5.32 Å². The number of hydrogen-bond acceptors (Lipinski definition) is 5. The maximum absolute atomic E-state index is 12.3. The van der Waals surface area contributed by atoms with E-state index < -0.39 is 0 Å². The van der Waals surface area contributed by atoms with Gasteiger partial charge in [0.1, 0.15) is 5.56 Å². The molecule has 0 fully saturated rings. The van der Waals surface area contributed by atoms with Gasteiger partial charge < -0.3 is 0 Å². The van der Waals surface area contributed by atoms with Crippen LogP contribution in [0.5, 0.6) is 0 Å². The number of hydrogen-bond donors (Lipinski definition) is 1. The van der Waals surface area contributed by atoms with Crippen LogP contribution in [0, 0.1) is 0 Å². The van der Waals surface area contributed by atoms with Gasteiger partial charge >= 0.3 is 0 Å². The summed E-state index contributed by atoms with van der Waals surface area (Å²) in [5, 5.41) is 7.47. The molecule has 102 valence electrons. The van der Waals surface area contributed by atoms with Gasteiger partial charge in [0.05, 0.1) is 16.4 Å². The van der Waals surface area contributed by atoms with Gasteiger partial charge in [-0.1, -0.05) is 23.5 Å². The molecule has 3 heterocycles. The maximum atomic E-state index is 12.3. The Labute approximate surface area is 123 Å². The van der Waals surface area contributed by atoms with Gasteiger partial charge in [-0.15, -0.1) is 0 Å². The lowest BCUT2D eigenvalue weighted by molar-refractivity contribution is 0.102. The molecule has 7 heteroatoms. The summed E-state index contributed by atoms with van der Waals surface area (Å²) in [6.07, 6.45) is 4.88. The van der Waals surface area contributed by atoms with Crippen molar-refractivity contribution in [1.29, 1.82) is 0 Å². The molecule has 1 N–H and O–H groups in total. The van der Waals surface area contributed by atoms with Crippen LogP contribution >= 0.6 is 11.3 Å². The van der Waals surface area contributed by atoms with E-state index in [1.807, 2.05) is 24.3 Å². The summed E-state index contributed by atoms with van der Waals surface area (Å²) in [4.78, 5) is 20.9. The number of benzene rings is 1. The number of amides is 1. The molecule has 1 aromatic carbocycles. The lowest BCUT2D eigenvalue weighted by Crippen LogP contribution is -2.11. The van der Waals surface area contributed by atoms with Crippen molar-refractivity contribution in [1.82, 2.24) is 19.6 Å². The minimum absolute atomic E-state index is 0.261. The summed E-state index contributed by atoms with van der Waals surface area (Å²) in [5.74, 6) is -0.261. The normalized spacial score (nSPS) is 11.0. The number of nitrogens with one attached hydrogen (secondary N) is 1. The molecule has 1 amide bonds. The van der Waals surface area contributed by atoms with E-state index in [1.165, 1.54) is 17.5 Å². The highest BCUT2D eigenvalue weighted by Crippen LogP contribution is 2.25. The van der Waals surface area contributed by atoms with E-state index in [2.05, 4.69) is 20.4 Å². The zero-order valence-corrected chi connectivity index (χ0v) is 11.5. The van der Waals surface area contributed by atoms with Crippen LogP contribution in [0.1, 0.15) is 10.4 Å². The molecule has 0 aliphatic rings. The first-order chi connectivity index (χ1) is 10.3. The number of fused-ring (bicyclic) bond motifs is 2. The molecule has 0 atom stereocenters. The van der Waals surface area contributed by atoms with Gasteiger partial charge in [0.2, 0.25) is 0 Å². The fourth-order valence-corrected chi connectivity index (χ4v) is 2.94. The number of para-hydroxylation sites is 1. The topological polar surface area (TPSA) is 72.2 Å². The van der Waals surface area contributed by atoms with Crippen LogP contribution in [0.25, 0.3) is 15.9 Å². The molecule has 0 unspecified atom stereocenters. The molecule has 0 radical (unpaired) electrons. The number of carbonyl (C=O) groups is 1. The Kier molecular flexibility index (Phi) is 2.65. The Balaban J connectivity index is 1.69. The van der Waals surface area contributed by atoms with Gasteiger partial charge in [-0.2, -0.15) is 5.10 Å². The van der Waals surface area contributed by atoms with Crippen molar-refractivity contribution in [2.24, 2.45) is 0 Å². The van der Waals surface area contributed by atoms with Crippen LogP contribution in [0.2, 0.25) is 0 Å². The Morgan fingerprint density at radius 3 is 3.05 bits per heavy atom. The van der Waals surface area contributed by atoms with Gasteiger partial charge in [0, 0.05) is 12.4 Å². The van der Waals surface area contributed by atoms with Crippen LogP contribution in [0.3, 0.4) is 0 Å². The average molecular weight is 295 g/mol. The summed E-state index contributed by atoms with van der Waals surface area (Å²) in [7, 11) is 0. The van der Waals surface area contributed by atoms with E-state index in [0.717, 1.165) is 10.2 Å². The van der Waals surface area contributed by atoms with E-state index >= 15 is 0 Å². The first-order valence-electron chi connectivity index (χ1n) is 6.26. The molecule has 21 heavy (non-hydrogen) atoms. The fraction of sp³-hybridized carbons (Fsp3) is 0. The fourth-order valence-electron chi connectivity index (χ4n) is 2.08. The molecule has 3 aromatic heterocycles. The van der Waals surface area contributed by atoms with Gasteiger partial charge in [-0.25, -0.2) is 14.5 Å². The van der Waals surface area contributed by atoms with Crippen molar-refractivity contribution < 1.29 is 4.79 Å². The van der Waals surface area contributed by atoms with Gasteiger partial charge in [0.25, 0.3) is 5.91 Å². The molecule has 4 aromatic rings. The lowest BCUT2D eigenvalue weighted by Gasteiger charge is -1.98. The van der Waals surface area contributed by atoms with Gasteiger partial charge in [0.15, 0.2) is 10.8 Å². The van der Waals surface area contributed by atoms with E-state index in [9.17, 15) is 4.79 Å². The third-order valence-corrected chi connectivity index (χ3v) is 3.99. The van der Waals surface area contributed by atoms with Crippen LogP contribution in [0.15, 0.2) is 48.9 Å². The van der Waals surface area contributed by atoms with Gasteiger partial charge in [-0.05, 0) is 18.2 Å². The highest BCUT2D eigenvalue weighted by atomic mass is 32.1. The molecule has 0 aliphatic heterocycles. The summed E-state index contributed by atoms with van der Waals surface area (Å²) in [6, 6.07) is 9.51. The molecule has 0 saturated carbocycles. The quantitative estimate of drug-likeness (QED) is 0.617. The molecular formula is C14H9N5OS. The molecule has 0 spiro atoms. The molecule has 0 aliphatic carbocycles. The van der Waals surface area contributed by atoms with Crippen LogP contribution in [0.4, 0.5) is 5.13 Å². The third kappa shape index (κ3) is 2.03. The van der Waals surface area contributed by atoms with E-state index in [1.54, 1.807) is 23.0 Å². The zero-order chi connectivity index (χ0) is 14.2. The van der Waals surface area contributed by atoms with Crippen molar-refractivity contribution in [3.8, 4) is 0 Å². The van der Waals surface area contributed by atoms with Crippen molar-refractivity contribution in [3.05, 3.63) is 54.5 Å². The number of anilines is 1. The second-order valence-corrected chi connectivity index (χ2v) is 5.42. The summed E-state index contributed by atoms with van der Waals surface area (Å²) in [5.41, 5.74) is 1.82. The lowest BCUT2D eigenvalue weighted by atomic mass is 10.3. The number of aromatic nitrogens is 4. The average Bonchev–Trinajstić information content (AvgIpc) is 3.10. The smallest absolute Gasteiger partial charge is 0.262 e. The minimum Gasteiger partial charge on any atom is -0.298 e.